The van der Waals surface area contributed by atoms with Crippen LogP contribution in [0.15, 0.2) is 83.8 Å². The Morgan fingerprint density at radius 2 is 1.66 bits per heavy atom. The third-order valence-electron chi connectivity index (χ3n) is 4.48. The van der Waals surface area contributed by atoms with Gasteiger partial charge in [0, 0.05) is 10.7 Å². The summed E-state index contributed by atoms with van der Waals surface area (Å²) in [6.45, 7) is -0.131. The highest BCUT2D eigenvalue weighted by Crippen LogP contribution is 2.36. The number of amides is 3. The maximum Gasteiger partial charge on any atom is 0.298 e. The topological polar surface area (TPSA) is 75.7 Å². The van der Waals surface area contributed by atoms with Gasteiger partial charge in [-0.15, -0.1) is 0 Å². The molecular weight excluding hydrogens is 448 g/mol. The van der Waals surface area contributed by atoms with E-state index in [9.17, 15) is 14.4 Å². The molecule has 0 atom stereocenters. The Bertz CT molecular complexity index is 1180. The molecule has 3 aromatic carbocycles. The molecule has 1 heterocycles. The van der Waals surface area contributed by atoms with Crippen molar-refractivity contribution in [2.45, 2.75) is 0 Å². The summed E-state index contributed by atoms with van der Waals surface area (Å²) in [6, 6.07) is 22.5. The molecule has 1 fully saturated rings. The number of para-hydroxylation sites is 1. The van der Waals surface area contributed by atoms with Gasteiger partial charge in [-0.05, 0) is 71.9 Å². The summed E-state index contributed by atoms with van der Waals surface area (Å²) >= 11 is 6.75. The van der Waals surface area contributed by atoms with Crippen molar-refractivity contribution in [1.82, 2.24) is 0 Å². The normalized spacial score (nSPS) is 14.7. The molecular formula is C24H17ClN2O4S. The number of carbonyl (C=O) groups is 3. The maximum absolute atomic E-state index is 12.7. The number of hydrogen-bond donors (Lipinski definition) is 1. The lowest BCUT2D eigenvalue weighted by Crippen LogP contribution is -2.27. The quantitative estimate of drug-likeness (QED) is 0.480. The number of rotatable bonds is 6. The van der Waals surface area contributed by atoms with Gasteiger partial charge in [0.05, 0.1) is 10.6 Å². The van der Waals surface area contributed by atoms with E-state index < -0.39 is 0 Å². The molecule has 4 rings (SSSR count). The molecule has 1 N–H and O–H groups in total. The van der Waals surface area contributed by atoms with Gasteiger partial charge in [0.15, 0.2) is 6.61 Å². The van der Waals surface area contributed by atoms with Crippen LogP contribution in [-0.4, -0.2) is 23.7 Å². The first-order valence-electron chi connectivity index (χ1n) is 9.61. The van der Waals surface area contributed by atoms with Crippen LogP contribution in [0.4, 0.5) is 16.2 Å². The minimum atomic E-state index is -0.389. The molecule has 32 heavy (non-hydrogen) atoms. The molecule has 0 spiro atoms. The fourth-order valence-electron chi connectivity index (χ4n) is 2.96. The first-order valence-corrected chi connectivity index (χ1v) is 10.8. The van der Waals surface area contributed by atoms with Crippen molar-refractivity contribution >= 4 is 57.9 Å². The van der Waals surface area contributed by atoms with E-state index >= 15 is 0 Å². The Kier molecular flexibility index (Phi) is 6.58. The summed E-state index contributed by atoms with van der Waals surface area (Å²) in [5, 5.41) is 2.90. The fraction of sp³-hybridized carbons (Fsp3) is 0.0417. The van der Waals surface area contributed by atoms with E-state index in [1.165, 1.54) is 0 Å². The predicted octanol–water partition coefficient (Wildman–Crippen LogP) is 5.60. The Hall–Kier alpha value is -3.55. The number of nitrogens with zero attached hydrogens (tertiary/aromatic N) is 1. The van der Waals surface area contributed by atoms with Crippen LogP contribution in [0.3, 0.4) is 0 Å². The number of imide groups is 1. The van der Waals surface area contributed by atoms with Crippen molar-refractivity contribution in [3.05, 3.63) is 94.4 Å². The van der Waals surface area contributed by atoms with Gasteiger partial charge in [-0.2, -0.15) is 0 Å². The number of thioether (sulfide) groups is 1. The molecule has 1 saturated heterocycles. The minimum Gasteiger partial charge on any atom is -0.484 e. The Morgan fingerprint density at radius 1 is 0.969 bits per heavy atom. The Balaban J connectivity index is 1.37. The van der Waals surface area contributed by atoms with Gasteiger partial charge in [-0.3, -0.25) is 14.4 Å². The van der Waals surface area contributed by atoms with Crippen molar-refractivity contribution in [1.29, 1.82) is 0 Å². The standard InChI is InChI=1S/C24H17ClN2O4S/c25-17-8-10-19(11-9-17)27-23(29)21(32-24(27)30)14-16-6-12-20(13-7-16)31-15-22(28)26-18-4-2-1-3-5-18/h1-14H,15H2,(H,26,28)/b21-14+. The van der Waals surface area contributed by atoms with Gasteiger partial charge in [0.1, 0.15) is 5.75 Å². The highest BCUT2D eigenvalue weighted by molar-refractivity contribution is 8.19. The number of hydrogen-bond acceptors (Lipinski definition) is 5. The van der Waals surface area contributed by atoms with Gasteiger partial charge in [0.25, 0.3) is 17.1 Å². The largest absolute Gasteiger partial charge is 0.484 e. The van der Waals surface area contributed by atoms with Crippen molar-refractivity contribution in [2.75, 3.05) is 16.8 Å². The lowest BCUT2D eigenvalue weighted by Gasteiger charge is -2.12. The van der Waals surface area contributed by atoms with E-state index in [1.54, 1.807) is 66.7 Å². The SMILES string of the molecule is O=C(COc1ccc(/C=C2/SC(=O)N(c3ccc(Cl)cc3)C2=O)cc1)Nc1ccccc1. The second-order valence-electron chi connectivity index (χ2n) is 6.77. The van der Waals surface area contributed by atoms with Crippen LogP contribution in [0, 0.1) is 0 Å². The minimum absolute atomic E-state index is 0.131. The summed E-state index contributed by atoms with van der Waals surface area (Å²) in [4.78, 5) is 38.5. The summed E-state index contributed by atoms with van der Waals surface area (Å²) < 4.78 is 5.51. The smallest absolute Gasteiger partial charge is 0.298 e. The predicted molar refractivity (Wildman–Crippen MR) is 127 cm³/mol. The Morgan fingerprint density at radius 3 is 2.34 bits per heavy atom. The van der Waals surface area contributed by atoms with Gasteiger partial charge in [0.2, 0.25) is 0 Å². The van der Waals surface area contributed by atoms with Gasteiger partial charge in [-0.1, -0.05) is 41.9 Å². The lowest BCUT2D eigenvalue weighted by atomic mass is 10.2. The van der Waals surface area contributed by atoms with Crippen LogP contribution in [0.1, 0.15) is 5.56 Å². The van der Waals surface area contributed by atoms with Crippen LogP contribution in [0.2, 0.25) is 5.02 Å². The molecule has 0 unspecified atom stereocenters. The number of benzene rings is 3. The fourth-order valence-corrected chi connectivity index (χ4v) is 3.93. The van der Waals surface area contributed by atoms with E-state index in [0.29, 0.717) is 27.1 Å². The number of carbonyl (C=O) groups excluding carboxylic acids is 3. The van der Waals surface area contributed by atoms with Gasteiger partial charge >= 0.3 is 0 Å². The van der Waals surface area contributed by atoms with Crippen LogP contribution in [0.25, 0.3) is 6.08 Å². The monoisotopic (exact) mass is 464 g/mol. The maximum atomic E-state index is 12.7. The molecule has 0 aliphatic carbocycles. The molecule has 3 amide bonds. The summed E-state index contributed by atoms with van der Waals surface area (Å²) in [5.41, 5.74) is 1.90. The van der Waals surface area contributed by atoms with Crippen LogP contribution in [0.5, 0.6) is 5.75 Å². The highest BCUT2D eigenvalue weighted by Gasteiger charge is 2.36. The lowest BCUT2D eigenvalue weighted by molar-refractivity contribution is -0.118. The van der Waals surface area contributed by atoms with Crippen molar-refractivity contribution in [3.8, 4) is 5.75 Å². The molecule has 0 saturated carbocycles. The number of anilines is 2. The average molecular weight is 465 g/mol. The second-order valence-corrected chi connectivity index (χ2v) is 8.20. The number of nitrogens with one attached hydrogen (secondary N) is 1. The van der Waals surface area contributed by atoms with Gasteiger partial charge < -0.3 is 10.1 Å². The molecule has 0 bridgehead atoms. The summed E-state index contributed by atoms with van der Waals surface area (Å²) in [6.07, 6.45) is 1.65. The van der Waals surface area contributed by atoms with Gasteiger partial charge in [-0.25, -0.2) is 4.90 Å². The molecule has 3 aromatic rings. The molecule has 1 aliphatic heterocycles. The van der Waals surface area contributed by atoms with E-state index in [2.05, 4.69) is 5.32 Å². The molecule has 160 valence electrons. The third-order valence-corrected chi connectivity index (χ3v) is 5.61. The zero-order chi connectivity index (χ0) is 22.5. The third kappa shape index (κ3) is 5.19. The van der Waals surface area contributed by atoms with E-state index in [0.717, 1.165) is 22.2 Å². The van der Waals surface area contributed by atoms with Crippen molar-refractivity contribution in [2.24, 2.45) is 0 Å². The van der Waals surface area contributed by atoms with Crippen LogP contribution >= 0.6 is 23.4 Å². The van der Waals surface area contributed by atoms with Crippen molar-refractivity contribution in [3.63, 3.8) is 0 Å². The van der Waals surface area contributed by atoms with E-state index in [4.69, 9.17) is 16.3 Å². The van der Waals surface area contributed by atoms with E-state index in [1.807, 2.05) is 18.2 Å². The molecule has 8 heteroatoms. The van der Waals surface area contributed by atoms with Crippen LogP contribution < -0.4 is 15.0 Å². The zero-order valence-electron chi connectivity index (χ0n) is 16.7. The average Bonchev–Trinajstić information content (AvgIpc) is 3.07. The first-order chi connectivity index (χ1) is 15.5. The number of ether oxygens (including phenoxy) is 1. The van der Waals surface area contributed by atoms with E-state index in [-0.39, 0.29) is 23.7 Å². The zero-order valence-corrected chi connectivity index (χ0v) is 18.2. The second kappa shape index (κ2) is 9.72. The molecule has 6 nitrogen and oxygen atoms in total. The number of halogens is 1. The summed E-state index contributed by atoms with van der Waals surface area (Å²) in [5.74, 6) is -0.143. The first kappa shape index (κ1) is 21.7. The van der Waals surface area contributed by atoms with Crippen molar-refractivity contribution < 1.29 is 19.1 Å². The molecule has 0 aromatic heterocycles. The summed E-state index contributed by atoms with van der Waals surface area (Å²) in [7, 11) is 0. The molecule has 0 radical (unpaired) electrons. The van der Waals surface area contributed by atoms with Crippen LogP contribution in [-0.2, 0) is 9.59 Å². The molecule has 1 aliphatic rings. The Labute approximate surface area is 193 Å². The highest BCUT2D eigenvalue weighted by atomic mass is 35.5.